The number of esters is 1. The minimum atomic E-state index is -3.69. The van der Waals surface area contributed by atoms with Gasteiger partial charge in [-0.05, 0) is 43.3 Å². The van der Waals surface area contributed by atoms with Crippen LogP contribution < -0.4 is 4.72 Å². The minimum absolute atomic E-state index is 0.0763. The number of aryl methyl sites for hydroxylation is 1. The quantitative estimate of drug-likeness (QED) is 0.759. The van der Waals surface area contributed by atoms with Gasteiger partial charge >= 0.3 is 5.97 Å². The summed E-state index contributed by atoms with van der Waals surface area (Å²) < 4.78 is 37.2. The van der Waals surface area contributed by atoms with Crippen molar-refractivity contribution in [3.63, 3.8) is 0 Å². The van der Waals surface area contributed by atoms with E-state index >= 15 is 0 Å². The molecule has 0 aliphatic rings. The lowest BCUT2D eigenvalue weighted by molar-refractivity contribution is 0.0600. The summed E-state index contributed by atoms with van der Waals surface area (Å²) in [5, 5.41) is 0. The average molecular weight is 369 g/mol. The van der Waals surface area contributed by atoms with Gasteiger partial charge in [0.25, 0.3) is 0 Å². The van der Waals surface area contributed by atoms with Gasteiger partial charge < -0.3 is 9.47 Å². The van der Waals surface area contributed by atoms with Gasteiger partial charge in [0.1, 0.15) is 6.10 Å². The maximum atomic E-state index is 12.4. The molecule has 2 aromatic rings. The molecular formula is C16H19NO5S2. The van der Waals surface area contributed by atoms with Crippen LogP contribution in [-0.2, 0) is 19.5 Å². The van der Waals surface area contributed by atoms with E-state index in [0.717, 1.165) is 9.75 Å². The van der Waals surface area contributed by atoms with E-state index in [1.807, 2.05) is 19.1 Å². The lowest BCUT2D eigenvalue weighted by atomic mass is 10.2. The Morgan fingerprint density at radius 2 is 1.83 bits per heavy atom. The Kier molecular flexibility index (Phi) is 6.11. The van der Waals surface area contributed by atoms with E-state index in [1.165, 1.54) is 31.4 Å². The first-order chi connectivity index (χ1) is 11.4. The van der Waals surface area contributed by atoms with Gasteiger partial charge in [0.05, 0.1) is 17.6 Å². The molecule has 0 radical (unpaired) electrons. The molecule has 24 heavy (non-hydrogen) atoms. The SMILES string of the molecule is COC(=O)c1ccc(S(=O)(=O)NC[C@@H](OC)c2ccc(C)s2)cc1. The third kappa shape index (κ3) is 4.41. The summed E-state index contributed by atoms with van der Waals surface area (Å²) in [5.74, 6) is -0.514. The molecule has 1 atom stereocenters. The number of hydrogen-bond donors (Lipinski definition) is 1. The number of thiophene rings is 1. The second-order valence-corrected chi connectivity index (χ2v) is 8.13. The van der Waals surface area contributed by atoms with E-state index in [0.29, 0.717) is 5.56 Å². The van der Waals surface area contributed by atoms with Crippen molar-refractivity contribution in [3.8, 4) is 0 Å². The maximum Gasteiger partial charge on any atom is 0.337 e. The smallest absolute Gasteiger partial charge is 0.337 e. The molecule has 1 heterocycles. The fourth-order valence-corrected chi connectivity index (χ4v) is 4.07. The van der Waals surface area contributed by atoms with Crippen LogP contribution in [0.1, 0.15) is 26.2 Å². The third-order valence-corrected chi connectivity index (χ3v) is 5.94. The van der Waals surface area contributed by atoms with Gasteiger partial charge in [0.15, 0.2) is 0 Å². The maximum absolute atomic E-state index is 12.4. The van der Waals surface area contributed by atoms with Crippen molar-refractivity contribution in [2.75, 3.05) is 20.8 Å². The zero-order valence-corrected chi connectivity index (χ0v) is 15.2. The van der Waals surface area contributed by atoms with E-state index in [1.54, 1.807) is 18.4 Å². The molecule has 1 N–H and O–H groups in total. The van der Waals surface area contributed by atoms with Gasteiger partial charge in [0.2, 0.25) is 10.0 Å². The van der Waals surface area contributed by atoms with Gasteiger partial charge in [-0.2, -0.15) is 0 Å². The summed E-state index contributed by atoms with van der Waals surface area (Å²) in [6.45, 7) is 2.10. The number of rotatable bonds is 7. The van der Waals surface area contributed by atoms with Crippen molar-refractivity contribution in [2.45, 2.75) is 17.9 Å². The number of hydrogen-bond acceptors (Lipinski definition) is 6. The van der Waals surface area contributed by atoms with Gasteiger partial charge in [0, 0.05) is 23.4 Å². The molecule has 0 saturated carbocycles. The first kappa shape index (κ1) is 18.6. The van der Waals surface area contributed by atoms with Crippen molar-refractivity contribution in [1.29, 1.82) is 0 Å². The molecule has 0 aliphatic heterocycles. The number of methoxy groups -OCH3 is 2. The Morgan fingerprint density at radius 1 is 1.17 bits per heavy atom. The minimum Gasteiger partial charge on any atom is -0.465 e. The molecule has 6 nitrogen and oxygen atoms in total. The van der Waals surface area contributed by atoms with Crippen molar-refractivity contribution >= 4 is 27.3 Å². The molecule has 130 valence electrons. The zero-order chi connectivity index (χ0) is 17.7. The predicted molar refractivity (Wildman–Crippen MR) is 91.8 cm³/mol. The third-order valence-electron chi connectivity index (χ3n) is 3.41. The van der Waals surface area contributed by atoms with Crippen molar-refractivity contribution in [1.82, 2.24) is 4.72 Å². The van der Waals surface area contributed by atoms with E-state index in [9.17, 15) is 13.2 Å². The largest absolute Gasteiger partial charge is 0.465 e. The number of ether oxygens (including phenoxy) is 2. The molecular weight excluding hydrogens is 350 g/mol. The highest BCUT2D eigenvalue weighted by Gasteiger charge is 2.19. The van der Waals surface area contributed by atoms with Crippen LogP contribution in [0.5, 0.6) is 0 Å². The van der Waals surface area contributed by atoms with Crippen LogP contribution in [-0.4, -0.2) is 35.2 Å². The fraction of sp³-hybridized carbons (Fsp3) is 0.312. The number of carbonyl (C=O) groups excluding carboxylic acids is 1. The number of sulfonamides is 1. The molecule has 1 aromatic carbocycles. The number of carbonyl (C=O) groups is 1. The van der Waals surface area contributed by atoms with Gasteiger partial charge in [-0.15, -0.1) is 11.3 Å². The standard InChI is InChI=1S/C16H19NO5S2/c1-11-4-9-15(23-11)14(21-2)10-17-24(19,20)13-7-5-12(6-8-13)16(18)22-3/h4-9,14,17H,10H2,1-3H3/t14-/m1/s1. The molecule has 2 rings (SSSR count). The summed E-state index contributed by atoms with van der Waals surface area (Å²) in [5.41, 5.74) is 0.292. The Hall–Kier alpha value is -1.74. The second kappa shape index (κ2) is 7.89. The first-order valence-corrected chi connectivity index (χ1v) is 9.44. The summed E-state index contributed by atoms with van der Waals surface area (Å²) in [7, 11) is -0.883. The van der Waals surface area contributed by atoms with Crippen molar-refractivity contribution in [2.24, 2.45) is 0 Å². The Bertz CT molecular complexity index is 796. The van der Waals surface area contributed by atoms with Crippen molar-refractivity contribution in [3.05, 3.63) is 51.7 Å². The summed E-state index contributed by atoms with van der Waals surface area (Å²) in [6, 6.07) is 9.45. The predicted octanol–water partition coefficient (Wildman–Crippen LogP) is 2.51. The van der Waals surface area contributed by atoms with E-state index in [4.69, 9.17) is 4.74 Å². The summed E-state index contributed by atoms with van der Waals surface area (Å²) in [4.78, 5) is 13.6. The highest BCUT2D eigenvalue weighted by atomic mass is 32.2. The molecule has 8 heteroatoms. The fourth-order valence-electron chi connectivity index (χ4n) is 2.08. The van der Waals surface area contributed by atoms with Crippen LogP contribution in [0.2, 0.25) is 0 Å². The van der Waals surface area contributed by atoms with Crippen LogP contribution in [0.25, 0.3) is 0 Å². The van der Waals surface area contributed by atoms with E-state index < -0.39 is 16.0 Å². The van der Waals surface area contributed by atoms with Gasteiger partial charge in [-0.3, -0.25) is 0 Å². The Balaban J connectivity index is 2.08. The molecule has 0 fully saturated rings. The lowest BCUT2D eigenvalue weighted by Crippen LogP contribution is -2.29. The summed E-state index contributed by atoms with van der Waals surface area (Å²) in [6.07, 6.45) is -0.354. The monoisotopic (exact) mass is 369 g/mol. The van der Waals surface area contributed by atoms with Crippen LogP contribution >= 0.6 is 11.3 Å². The number of nitrogens with one attached hydrogen (secondary N) is 1. The molecule has 1 aromatic heterocycles. The topological polar surface area (TPSA) is 81.7 Å². The van der Waals surface area contributed by atoms with E-state index in [2.05, 4.69) is 9.46 Å². The molecule has 0 saturated heterocycles. The van der Waals surface area contributed by atoms with Crippen LogP contribution in [0.15, 0.2) is 41.3 Å². The molecule has 0 bridgehead atoms. The molecule has 0 aliphatic carbocycles. The van der Waals surface area contributed by atoms with Crippen LogP contribution in [0.4, 0.5) is 0 Å². The number of benzene rings is 1. The molecule has 0 amide bonds. The van der Waals surface area contributed by atoms with Gasteiger partial charge in [-0.25, -0.2) is 17.9 Å². The van der Waals surface area contributed by atoms with Crippen molar-refractivity contribution < 1.29 is 22.7 Å². The van der Waals surface area contributed by atoms with Gasteiger partial charge in [-0.1, -0.05) is 0 Å². The highest BCUT2D eigenvalue weighted by Crippen LogP contribution is 2.25. The first-order valence-electron chi connectivity index (χ1n) is 7.14. The Morgan fingerprint density at radius 3 is 2.33 bits per heavy atom. The highest BCUT2D eigenvalue weighted by molar-refractivity contribution is 7.89. The Labute approximate surface area is 145 Å². The zero-order valence-electron chi connectivity index (χ0n) is 13.6. The van der Waals surface area contributed by atoms with E-state index in [-0.39, 0.29) is 17.5 Å². The second-order valence-electron chi connectivity index (χ2n) is 5.04. The lowest BCUT2D eigenvalue weighted by Gasteiger charge is -2.15. The summed E-state index contributed by atoms with van der Waals surface area (Å²) >= 11 is 1.56. The van der Waals surface area contributed by atoms with Crippen LogP contribution in [0.3, 0.4) is 0 Å². The molecule has 0 unspecified atom stereocenters. The molecule has 0 spiro atoms. The normalized spacial score (nSPS) is 12.8. The average Bonchev–Trinajstić information content (AvgIpc) is 3.01. The van der Waals surface area contributed by atoms with Crippen LogP contribution in [0, 0.1) is 6.92 Å².